The van der Waals surface area contributed by atoms with E-state index >= 15 is 0 Å². The second kappa shape index (κ2) is 7.11. The van der Waals surface area contributed by atoms with Crippen molar-refractivity contribution in [2.24, 2.45) is 5.92 Å². The summed E-state index contributed by atoms with van der Waals surface area (Å²) in [6.07, 6.45) is 0. The minimum Gasteiger partial charge on any atom is -1.00 e. The summed E-state index contributed by atoms with van der Waals surface area (Å²) in [5.74, 6) is 0.517. The largest absolute Gasteiger partial charge is 1.00 e. The summed E-state index contributed by atoms with van der Waals surface area (Å²) < 4.78 is 0. The van der Waals surface area contributed by atoms with Gasteiger partial charge in [0, 0.05) is 31.8 Å². The summed E-state index contributed by atoms with van der Waals surface area (Å²) in [5, 5.41) is 5.76. The summed E-state index contributed by atoms with van der Waals surface area (Å²) in [4.78, 5) is 0. The van der Waals surface area contributed by atoms with Crippen molar-refractivity contribution in [2.45, 2.75) is 34.2 Å². The molecule has 0 fully saturated rings. The van der Waals surface area contributed by atoms with E-state index in [2.05, 4.69) is 58.5 Å². The van der Waals surface area contributed by atoms with Gasteiger partial charge in [0.2, 0.25) is 0 Å². The molecule has 128 valence electrons. The number of hydrogen-bond donors (Lipinski definition) is 0. The number of benzene rings is 1. The maximum absolute atomic E-state index is 6.75. The molecule has 1 aliphatic carbocycles. The Kier molecular flexibility index (Phi) is 6.61. The van der Waals surface area contributed by atoms with E-state index in [9.17, 15) is 0 Å². The quantitative estimate of drug-likeness (QED) is 0.228. The Morgan fingerprint density at radius 3 is 2.25 bits per heavy atom. The molecule has 2 unspecified atom stereocenters. The zero-order chi connectivity index (χ0) is 15.1. The van der Waals surface area contributed by atoms with Crippen LogP contribution in [0.5, 0.6) is 0 Å². The van der Waals surface area contributed by atoms with E-state index in [0.717, 1.165) is 0 Å². The Balaban J connectivity index is 0.000000960. The third-order valence-electron chi connectivity index (χ3n) is 5.76. The molecule has 2 aliphatic rings. The van der Waals surface area contributed by atoms with Crippen molar-refractivity contribution in [2.75, 3.05) is 0 Å². The van der Waals surface area contributed by atoms with Crippen molar-refractivity contribution < 1.29 is 50.7 Å². The van der Waals surface area contributed by atoms with Gasteiger partial charge in [-0.15, -0.1) is 39.3 Å². The van der Waals surface area contributed by atoms with Crippen molar-refractivity contribution in [3.63, 3.8) is 0 Å². The van der Waals surface area contributed by atoms with Gasteiger partial charge in [-0.2, -0.15) is 11.1 Å². The predicted octanol–water partition coefficient (Wildman–Crippen LogP) is -1.43. The Morgan fingerprint density at radius 1 is 1.08 bits per heavy atom. The number of halogens is 3. The molecular weight excluding hydrogens is 541 g/mol. The average Bonchev–Trinajstić information content (AvgIpc) is 2.76. The molecular formula is C19H20Cl3HfSi-3. The van der Waals surface area contributed by atoms with Gasteiger partial charge in [0.05, 0.1) is 0 Å². The third-order valence-corrected chi connectivity index (χ3v) is 9.55. The first-order valence-corrected chi connectivity index (χ1v) is 11.2. The van der Waals surface area contributed by atoms with E-state index in [0.29, 0.717) is 5.92 Å². The van der Waals surface area contributed by atoms with Crippen LogP contribution in [0.2, 0.25) is 6.55 Å². The molecule has 1 heterocycles. The summed E-state index contributed by atoms with van der Waals surface area (Å²) >= 11 is 6.75. The molecule has 0 radical (unpaired) electrons. The van der Waals surface area contributed by atoms with Crippen LogP contribution in [0.4, 0.5) is 0 Å². The topological polar surface area (TPSA) is 0 Å². The molecule has 0 N–H and O–H groups in total. The van der Waals surface area contributed by atoms with Gasteiger partial charge in [-0.05, 0) is 37.5 Å². The second-order valence-corrected chi connectivity index (χ2v) is 12.1. The van der Waals surface area contributed by atoms with Crippen LogP contribution < -0.4 is 35.2 Å². The molecule has 0 aromatic heterocycles. The number of hydrogen-bond acceptors (Lipinski definition) is 0. The number of rotatable bonds is 1. The summed E-state index contributed by atoms with van der Waals surface area (Å²) in [7, 11) is -1.70. The Bertz CT molecular complexity index is 874. The van der Waals surface area contributed by atoms with Crippen LogP contribution in [0.1, 0.15) is 33.3 Å². The fourth-order valence-electron chi connectivity index (χ4n) is 4.10. The smallest absolute Gasteiger partial charge is 0.143 e. The standard InChI is InChI=1S/C19H20ClSi.2ClH.Hf/c1-10-11(2)13(4)17(12(10)3)15-8-6-7-14-9-16-19(18(14)15)21(16,5)20;;;/h6-9,12H,1-5H3;2*1H;/q-1;;;/p-2. The van der Waals surface area contributed by atoms with Crippen molar-refractivity contribution in [3.8, 4) is 0 Å². The average molecular weight is 561 g/mol. The van der Waals surface area contributed by atoms with E-state index in [1.165, 1.54) is 49.0 Å². The molecule has 4 rings (SSSR count). The third kappa shape index (κ3) is 2.77. The van der Waals surface area contributed by atoms with Gasteiger partial charge >= 0.3 is 0 Å². The van der Waals surface area contributed by atoms with Crippen molar-refractivity contribution in [1.29, 1.82) is 0 Å². The summed E-state index contributed by atoms with van der Waals surface area (Å²) in [5.41, 5.74) is 7.37. The van der Waals surface area contributed by atoms with Gasteiger partial charge in [0.15, 0.2) is 0 Å². The van der Waals surface area contributed by atoms with Crippen LogP contribution in [0.3, 0.4) is 0 Å². The van der Waals surface area contributed by atoms with E-state index in [-0.39, 0.29) is 50.7 Å². The minimum absolute atomic E-state index is 0. The maximum atomic E-state index is 6.75. The predicted molar refractivity (Wildman–Crippen MR) is 96.4 cm³/mol. The van der Waals surface area contributed by atoms with Crippen LogP contribution in [0, 0.1) is 5.92 Å². The van der Waals surface area contributed by atoms with E-state index in [1.807, 2.05) is 0 Å². The van der Waals surface area contributed by atoms with Gasteiger partial charge in [0.25, 0.3) is 0 Å². The van der Waals surface area contributed by atoms with E-state index in [1.54, 1.807) is 0 Å². The monoisotopic (exact) mass is 561 g/mol. The molecule has 0 bridgehead atoms. The number of allylic oxidation sites excluding steroid dienone is 4. The SMILES string of the molecule is CC1=C(C)C(C)C(c2cccc3[cH-]c4c(c23)[Si]4(C)Cl)=C1C.[Cl-].[Cl-].[Hf]. The molecule has 2 aromatic carbocycles. The minimum atomic E-state index is -1.70. The van der Waals surface area contributed by atoms with Crippen molar-refractivity contribution in [3.05, 3.63) is 46.5 Å². The van der Waals surface area contributed by atoms with Crippen LogP contribution in [0.25, 0.3) is 16.3 Å². The molecule has 2 aromatic rings. The second-order valence-electron chi connectivity index (χ2n) is 6.77. The van der Waals surface area contributed by atoms with Crippen LogP contribution in [0.15, 0.2) is 41.0 Å². The molecule has 0 saturated heterocycles. The van der Waals surface area contributed by atoms with Crippen LogP contribution in [-0.4, -0.2) is 7.38 Å². The Hall–Kier alpha value is 0.267. The van der Waals surface area contributed by atoms with Crippen molar-refractivity contribution >= 4 is 45.2 Å². The first-order valence-electron chi connectivity index (χ1n) is 7.67. The number of fused-ring (bicyclic) bond motifs is 3. The Morgan fingerprint density at radius 2 is 1.71 bits per heavy atom. The van der Waals surface area contributed by atoms with Crippen LogP contribution >= 0.6 is 11.1 Å². The molecule has 0 saturated carbocycles. The normalized spacial score (nSPS) is 24.3. The van der Waals surface area contributed by atoms with Gasteiger partial charge < -0.3 is 24.8 Å². The summed E-state index contributed by atoms with van der Waals surface area (Å²) in [6, 6.07) is 9.05. The van der Waals surface area contributed by atoms with Gasteiger partial charge in [-0.3, -0.25) is 0 Å². The Labute approximate surface area is 181 Å². The molecule has 2 atom stereocenters. The van der Waals surface area contributed by atoms with Crippen molar-refractivity contribution in [1.82, 2.24) is 0 Å². The molecule has 1 aliphatic heterocycles. The first-order chi connectivity index (χ1) is 9.85. The molecule has 24 heavy (non-hydrogen) atoms. The molecule has 5 heteroatoms. The molecule has 0 spiro atoms. The van der Waals surface area contributed by atoms with Crippen LogP contribution in [-0.2, 0) is 25.8 Å². The first kappa shape index (κ1) is 22.3. The zero-order valence-corrected chi connectivity index (χ0v) is 21.4. The van der Waals surface area contributed by atoms with Gasteiger partial charge in [-0.1, -0.05) is 30.7 Å². The molecule has 0 nitrogen and oxygen atoms in total. The van der Waals surface area contributed by atoms with E-state index < -0.39 is 7.38 Å². The zero-order valence-electron chi connectivity index (χ0n) is 14.5. The molecule has 0 amide bonds. The van der Waals surface area contributed by atoms with Gasteiger partial charge in [-0.25, -0.2) is 0 Å². The van der Waals surface area contributed by atoms with Gasteiger partial charge in [0.1, 0.15) is 7.38 Å². The fourth-order valence-corrected chi connectivity index (χ4v) is 7.92. The van der Waals surface area contributed by atoms with E-state index in [4.69, 9.17) is 11.1 Å². The fraction of sp³-hybridized carbons (Fsp3) is 0.316. The summed E-state index contributed by atoms with van der Waals surface area (Å²) in [6.45, 7) is 11.4. The maximum Gasteiger partial charge on any atom is 0.143 e.